The summed E-state index contributed by atoms with van der Waals surface area (Å²) in [5.41, 5.74) is 2.31. The van der Waals surface area contributed by atoms with E-state index in [2.05, 4.69) is 44.3 Å². The van der Waals surface area contributed by atoms with Crippen molar-refractivity contribution in [2.75, 3.05) is 62.2 Å². The third-order valence-corrected chi connectivity index (χ3v) is 5.93. The lowest BCUT2D eigenvalue weighted by atomic mass is 10.1. The minimum atomic E-state index is -0.210. The number of piperazine rings is 1. The molecule has 2 aromatic carbocycles. The van der Waals surface area contributed by atoms with Gasteiger partial charge >= 0.3 is 0 Å². The average molecular weight is 397 g/mol. The summed E-state index contributed by atoms with van der Waals surface area (Å²) >= 11 is 0. The van der Waals surface area contributed by atoms with E-state index in [1.807, 2.05) is 18.2 Å². The van der Waals surface area contributed by atoms with Gasteiger partial charge in [0.15, 0.2) is 0 Å². The predicted molar refractivity (Wildman–Crippen MR) is 115 cm³/mol. The van der Waals surface area contributed by atoms with Gasteiger partial charge in [-0.05, 0) is 48.7 Å². The molecule has 0 aliphatic carbocycles. The van der Waals surface area contributed by atoms with Crippen molar-refractivity contribution < 1.29 is 9.18 Å². The van der Waals surface area contributed by atoms with Gasteiger partial charge in [-0.2, -0.15) is 0 Å². The molecule has 4 rings (SSSR count). The number of nitrogens with one attached hydrogen (secondary N) is 1. The van der Waals surface area contributed by atoms with Gasteiger partial charge in [-0.3, -0.25) is 9.69 Å². The molecule has 1 N–H and O–H groups in total. The number of hydrogen-bond acceptors (Lipinski definition) is 4. The topological polar surface area (TPSA) is 38.8 Å². The van der Waals surface area contributed by atoms with Gasteiger partial charge < -0.3 is 15.1 Å². The number of benzene rings is 2. The molecule has 0 radical (unpaired) electrons. The van der Waals surface area contributed by atoms with Crippen LogP contribution >= 0.6 is 0 Å². The number of nitrogens with zero attached hydrogens (tertiary/aromatic N) is 3. The van der Waals surface area contributed by atoms with Crippen LogP contribution in [0, 0.1) is 11.7 Å². The van der Waals surface area contributed by atoms with E-state index in [9.17, 15) is 9.18 Å². The second-order valence-electron chi connectivity index (χ2n) is 7.98. The van der Waals surface area contributed by atoms with Gasteiger partial charge in [-0.15, -0.1) is 0 Å². The standard InChI is InChI=1S/C23H29FN4O/c24-20-6-8-22(9-7-20)27-14-12-26(13-15-27)18-23(29)25-16-19-10-11-28(17-19)21-4-2-1-3-5-21/h1-9,19H,10-18H2,(H,25,29)/t19-/m0/s1. The van der Waals surface area contributed by atoms with Crippen molar-refractivity contribution in [2.45, 2.75) is 6.42 Å². The van der Waals surface area contributed by atoms with Crippen LogP contribution in [0.2, 0.25) is 0 Å². The van der Waals surface area contributed by atoms with Gasteiger partial charge in [0.2, 0.25) is 5.91 Å². The van der Waals surface area contributed by atoms with Crippen LogP contribution in [0.1, 0.15) is 6.42 Å². The van der Waals surface area contributed by atoms with Gasteiger partial charge in [0.1, 0.15) is 5.82 Å². The number of amides is 1. The molecule has 1 atom stereocenters. The van der Waals surface area contributed by atoms with Crippen LogP contribution in [0.3, 0.4) is 0 Å². The van der Waals surface area contributed by atoms with Gasteiger partial charge in [0.25, 0.3) is 0 Å². The molecule has 6 heteroatoms. The van der Waals surface area contributed by atoms with E-state index in [0.29, 0.717) is 12.5 Å². The molecule has 2 aliphatic rings. The summed E-state index contributed by atoms with van der Waals surface area (Å²) in [6.07, 6.45) is 1.12. The summed E-state index contributed by atoms with van der Waals surface area (Å²) < 4.78 is 13.1. The molecule has 2 heterocycles. The van der Waals surface area contributed by atoms with Crippen molar-refractivity contribution in [3.05, 3.63) is 60.4 Å². The zero-order valence-electron chi connectivity index (χ0n) is 16.8. The first kappa shape index (κ1) is 19.7. The van der Waals surface area contributed by atoms with Crippen molar-refractivity contribution >= 4 is 17.3 Å². The summed E-state index contributed by atoms with van der Waals surface area (Å²) in [5, 5.41) is 3.13. The molecule has 0 saturated carbocycles. The van der Waals surface area contributed by atoms with E-state index in [-0.39, 0.29) is 11.7 Å². The van der Waals surface area contributed by atoms with Crippen LogP contribution in [-0.4, -0.2) is 63.2 Å². The van der Waals surface area contributed by atoms with E-state index in [1.54, 1.807) is 0 Å². The van der Waals surface area contributed by atoms with Gasteiger partial charge in [-0.1, -0.05) is 18.2 Å². The molecule has 2 aromatic rings. The van der Waals surface area contributed by atoms with Gasteiger partial charge in [0.05, 0.1) is 6.54 Å². The monoisotopic (exact) mass is 396 g/mol. The van der Waals surface area contributed by atoms with E-state index >= 15 is 0 Å². The third kappa shape index (κ3) is 5.26. The minimum absolute atomic E-state index is 0.110. The second-order valence-corrected chi connectivity index (χ2v) is 7.98. The fourth-order valence-electron chi connectivity index (χ4n) is 4.21. The zero-order valence-corrected chi connectivity index (χ0v) is 16.8. The lowest BCUT2D eigenvalue weighted by Gasteiger charge is -2.35. The quantitative estimate of drug-likeness (QED) is 0.815. The van der Waals surface area contributed by atoms with Crippen molar-refractivity contribution in [3.8, 4) is 0 Å². The molecule has 0 unspecified atom stereocenters. The highest BCUT2D eigenvalue weighted by molar-refractivity contribution is 5.78. The zero-order chi connectivity index (χ0) is 20.1. The summed E-state index contributed by atoms with van der Waals surface area (Å²) in [6, 6.07) is 17.1. The van der Waals surface area contributed by atoms with Crippen molar-refractivity contribution in [3.63, 3.8) is 0 Å². The highest BCUT2D eigenvalue weighted by Gasteiger charge is 2.24. The number of carbonyl (C=O) groups is 1. The molecule has 29 heavy (non-hydrogen) atoms. The van der Waals surface area contributed by atoms with Crippen molar-refractivity contribution in [2.24, 2.45) is 5.92 Å². The SMILES string of the molecule is O=C(CN1CCN(c2ccc(F)cc2)CC1)NC[C@@H]1CCN(c2ccccc2)C1. The molecular formula is C23H29FN4O. The Kier molecular flexibility index (Phi) is 6.30. The Morgan fingerprint density at radius 3 is 2.31 bits per heavy atom. The average Bonchev–Trinajstić information content (AvgIpc) is 3.23. The van der Waals surface area contributed by atoms with Crippen LogP contribution in [-0.2, 0) is 4.79 Å². The van der Waals surface area contributed by atoms with Crippen LogP contribution < -0.4 is 15.1 Å². The number of rotatable bonds is 6. The summed E-state index contributed by atoms with van der Waals surface area (Å²) in [4.78, 5) is 19.2. The van der Waals surface area contributed by atoms with Gasteiger partial charge in [0, 0.05) is 57.2 Å². The van der Waals surface area contributed by atoms with E-state index in [0.717, 1.165) is 57.9 Å². The molecule has 5 nitrogen and oxygen atoms in total. The molecule has 0 bridgehead atoms. The highest BCUT2D eigenvalue weighted by Crippen LogP contribution is 2.23. The maximum absolute atomic E-state index is 13.1. The molecule has 2 fully saturated rings. The van der Waals surface area contributed by atoms with Crippen LogP contribution in [0.5, 0.6) is 0 Å². The summed E-state index contributed by atoms with van der Waals surface area (Å²) in [5.74, 6) is 0.408. The number of halogens is 1. The Balaban J connectivity index is 1.16. The van der Waals surface area contributed by atoms with Crippen LogP contribution in [0.4, 0.5) is 15.8 Å². The molecule has 0 aromatic heterocycles. The Bertz CT molecular complexity index is 790. The van der Waals surface area contributed by atoms with Crippen molar-refractivity contribution in [1.29, 1.82) is 0 Å². The Hall–Kier alpha value is -2.60. The fourth-order valence-corrected chi connectivity index (χ4v) is 4.21. The first-order chi connectivity index (χ1) is 14.2. The van der Waals surface area contributed by atoms with E-state index in [1.165, 1.54) is 17.8 Å². The molecule has 2 saturated heterocycles. The molecule has 154 valence electrons. The van der Waals surface area contributed by atoms with Gasteiger partial charge in [-0.25, -0.2) is 4.39 Å². The minimum Gasteiger partial charge on any atom is -0.371 e. The van der Waals surface area contributed by atoms with Crippen LogP contribution in [0.25, 0.3) is 0 Å². The number of hydrogen-bond donors (Lipinski definition) is 1. The Morgan fingerprint density at radius 2 is 1.59 bits per heavy atom. The first-order valence-corrected chi connectivity index (χ1v) is 10.5. The third-order valence-electron chi connectivity index (χ3n) is 5.93. The molecular weight excluding hydrogens is 367 g/mol. The second kappa shape index (κ2) is 9.27. The first-order valence-electron chi connectivity index (χ1n) is 10.5. The fraction of sp³-hybridized carbons (Fsp3) is 0.435. The lowest BCUT2D eigenvalue weighted by molar-refractivity contribution is -0.122. The smallest absolute Gasteiger partial charge is 0.234 e. The largest absolute Gasteiger partial charge is 0.371 e. The molecule has 2 aliphatic heterocycles. The highest BCUT2D eigenvalue weighted by atomic mass is 19.1. The Morgan fingerprint density at radius 1 is 0.897 bits per heavy atom. The normalized spacial score (nSPS) is 20.1. The maximum Gasteiger partial charge on any atom is 0.234 e. The molecule has 0 spiro atoms. The summed E-state index contributed by atoms with van der Waals surface area (Å²) in [6.45, 7) is 6.65. The Labute approximate surface area is 172 Å². The van der Waals surface area contributed by atoms with E-state index < -0.39 is 0 Å². The van der Waals surface area contributed by atoms with Crippen LogP contribution in [0.15, 0.2) is 54.6 Å². The molecule has 1 amide bonds. The lowest BCUT2D eigenvalue weighted by Crippen LogP contribution is -2.49. The number of anilines is 2. The summed E-state index contributed by atoms with van der Waals surface area (Å²) in [7, 11) is 0. The van der Waals surface area contributed by atoms with Crippen molar-refractivity contribution in [1.82, 2.24) is 10.2 Å². The van der Waals surface area contributed by atoms with E-state index in [4.69, 9.17) is 0 Å². The predicted octanol–water partition coefficient (Wildman–Crippen LogP) is 2.59. The number of carbonyl (C=O) groups excluding carboxylic acids is 1. The maximum atomic E-state index is 13.1. The number of para-hydroxylation sites is 1.